The largest absolute Gasteiger partial charge is 0.505 e. The van der Waals surface area contributed by atoms with Gasteiger partial charge in [-0.25, -0.2) is 4.79 Å². The Morgan fingerprint density at radius 3 is 2.14 bits per heavy atom. The number of phenols is 1. The lowest BCUT2D eigenvalue weighted by Crippen LogP contribution is -2.91. The van der Waals surface area contributed by atoms with E-state index in [2.05, 4.69) is 10.6 Å². The Hall–Kier alpha value is -3.98. The van der Waals surface area contributed by atoms with Crippen LogP contribution in [0.25, 0.3) is 0 Å². The lowest BCUT2D eigenvalue weighted by Gasteiger charge is -2.24. The topological polar surface area (TPSA) is 132 Å². The highest BCUT2D eigenvalue weighted by Gasteiger charge is 2.32. The molecule has 0 aliphatic carbocycles. The number of rotatable bonds is 9. The van der Waals surface area contributed by atoms with E-state index < -0.39 is 22.8 Å². The van der Waals surface area contributed by atoms with Gasteiger partial charge in [-0.05, 0) is 25.0 Å². The molecule has 2 amide bonds. The average Bonchev–Trinajstić information content (AvgIpc) is 2.83. The van der Waals surface area contributed by atoms with Crippen LogP contribution in [0.4, 0.5) is 17.1 Å². The van der Waals surface area contributed by atoms with Gasteiger partial charge in [0.2, 0.25) is 0 Å². The molecule has 9 nitrogen and oxygen atoms in total. The zero-order valence-electron chi connectivity index (χ0n) is 20.5. The number of carbonyl (C=O) groups excluding carboxylic acids is 2. The lowest BCUT2D eigenvalue weighted by atomic mass is 10.0. The third-order valence-corrected chi connectivity index (χ3v) is 5.86. The molecule has 0 aliphatic heterocycles. The zero-order valence-corrected chi connectivity index (χ0v) is 20.5. The summed E-state index contributed by atoms with van der Waals surface area (Å²) in [7, 11) is 3.11. The summed E-state index contributed by atoms with van der Waals surface area (Å²) in [6, 6.07) is 13.2. The number of aromatic hydroxyl groups is 1. The Morgan fingerprint density at radius 2 is 1.54 bits per heavy atom. The van der Waals surface area contributed by atoms with E-state index in [1.165, 1.54) is 17.0 Å². The van der Waals surface area contributed by atoms with E-state index in [1.807, 2.05) is 51.1 Å². The van der Waals surface area contributed by atoms with Crippen molar-refractivity contribution < 1.29 is 20.0 Å². The first-order chi connectivity index (χ1) is 16.5. The molecule has 0 spiro atoms. The van der Waals surface area contributed by atoms with Gasteiger partial charge in [-0.15, -0.1) is 0 Å². The summed E-state index contributed by atoms with van der Waals surface area (Å²) >= 11 is 0. The number of nitrogens with zero attached hydrogens (tertiary/aromatic N) is 1. The van der Waals surface area contributed by atoms with Crippen LogP contribution in [0.2, 0.25) is 0 Å². The summed E-state index contributed by atoms with van der Waals surface area (Å²) in [5.74, 6) is -1.13. The van der Waals surface area contributed by atoms with Gasteiger partial charge in [0, 0.05) is 19.7 Å². The number of hydrogen-bond donors (Lipinski definition) is 4. The number of primary amides is 1. The number of para-hydroxylation sites is 1. The highest BCUT2D eigenvalue weighted by molar-refractivity contribution is 5.99. The van der Waals surface area contributed by atoms with Gasteiger partial charge in [0.1, 0.15) is 23.5 Å². The quantitative estimate of drug-likeness (QED) is 0.271. The normalized spacial score (nSPS) is 12.9. The fourth-order valence-corrected chi connectivity index (χ4v) is 3.77. The number of nitrogens with one attached hydrogen (secondary N) is 2. The van der Waals surface area contributed by atoms with Crippen molar-refractivity contribution in [2.24, 2.45) is 5.92 Å². The smallest absolute Gasteiger partial charge is 0.333 e. The predicted molar refractivity (Wildman–Crippen MR) is 135 cm³/mol. The summed E-state index contributed by atoms with van der Waals surface area (Å²) in [4.78, 5) is 51.4. The fourth-order valence-electron chi connectivity index (χ4n) is 3.77. The third kappa shape index (κ3) is 5.41. The van der Waals surface area contributed by atoms with E-state index in [4.69, 9.17) is 0 Å². The number of carbonyl (C=O) groups is 2. The molecule has 0 bridgehead atoms. The van der Waals surface area contributed by atoms with Gasteiger partial charge in [0.05, 0.1) is 11.3 Å². The number of nitrogens with two attached hydrogens (primary N) is 1. The summed E-state index contributed by atoms with van der Waals surface area (Å²) in [6.45, 7) is 5.61. The third-order valence-electron chi connectivity index (χ3n) is 5.86. The Labute approximate surface area is 203 Å². The first kappa shape index (κ1) is 25.6. The van der Waals surface area contributed by atoms with Crippen LogP contribution in [0.15, 0.2) is 58.1 Å². The van der Waals surface area contributed by atoms with Crippen LogP contribution in [0, 0.1) is 5.92 Å². The Kier molecular flexibility index (Phi) is 7.71. The molecular formula is C26H31N4O5+. The molecule has 0 saturated heterocycles. The van der Waals surface area contributed by atoms with Crippen LogP contribution in [0.5, 0.6) is 5.75 Å². The van der Waals surface area contributed by atoms with Crippen molar-refractivity contribution in [1.29, 1.82) is 0 Å². The van der Waals surface area contributed by atoms with E-state index in [1.54, 1.807) is 25.5 Å². The zero-order chi connectivity index (χ0) is 25.9. The van der Waals surface area contributed by atoms with Gasteiger partial charge in [-0.3, -0.25) is 19.7 Å². The number of amides is 2. The minimum Gasteiger partial charge on any atom is -0.505 e. The number of quaternary nitrogens is 1. The predicted octanol–water partition coefficient (Wildman–Crippen LogP) is 1.72. The maximum absolute atomic E-state index is 13.1. The van der Waals surface area contributed by atoms with E-state index in [0.29, 0.717) is 0 Å². The molecule has 184 valence electrons. The minimum absolute atomic E-state index is 0.0217. The maximum Gasteiger partial charge on any atom is 0.333 e. The van der Waals surface area contributed by atoms with Gasteiger partial charge < -0.3 is 20.6 Å². The molecule has 0 heterocycles. The van der Waals surface area contributed by atoms with Gasteiger partial charge in [0.25, 0.3) is 16.8 Å². The summed E-state index contributed by atoms with van der Waals surface area (Å²) in [5.41, 5.74) is -0.462. The van der Waals surface area contributed by atoms with Crippen LogP contribution in [-0.4, -0.2) is 42.0 Å². The second-order valence-electron chi connectivity index (χ2n) is 9.07. The highest BCUT2D eigenvalue weighted by atomic mass is 16.3. The fraction of sp³-hybridized carbons (Fsp3) is 0.308. The summed E-state index contributed by atoms with van der Waals surface area (Å²) in [6.07, 6.45) is 0. The SMILES string of the molecule is CC(C)[C@@H](Nc1c(Nc2cccc(C(=O)N(C)C)c2O)c(=O)c1=O)C(=O)[NH2+][C@H](C)c1ccccc1. The van der Waals surface area contributed by atoms with Crippen molar-refractivity contribution in [3.63, 3.8) is 0 Å². The second kappa shape index (κ2) is 10.5. The monoisotopic (exact) mass is 479 g/mol. The molecule has 0 unspecified atom stereocenters. The van der Waals surface area contributed by atoms with Crippen molar-refractivity contribution in [3.05, 3.63) is 80.1 Å². The molecule has 0 fully saturated rings. The molecular weight excluding hydrogens is 448 g/mol. The molecule has 35 heavy (non-hydrogen) atoms. The molecule has 0 aromatic heterocycles. The first-order valence-corrected chi connectivity index (χ1v) is 11.4. The Morgan fingerprint density at radius 1 is 0.914 bits per heavy atom. The molecule has 3 rings (SSSR count). The van der Waals surface area contributed by atoms with Crippen molar-refractivity contribution >= 4 is 28.9 Å². The van der Waals surface area contributed by atoms with Crippen LogP contribution in [0.3, 0.4) is 0 Å². The minimum atomic E-state index is -0.771. The Bertz CT molecular complexity index is 1290. The van der Waals surface area contributed by atoms with Crippen molar-refractivity contribution in [2.45, 2.75) is 32.9 Å². The molecule has 3 aromatic rings. The van der Waals surface area contributed by atoms with Gasteiger partial charge >= 0.3 is 5.91 Å². The van der Waals surface area contributed by atoms with E-state index in [0.717, 1.165) is 5.56 Å². The molecule has 3 aromatic carbocycles. The van der Waals surface area contributed by atoms with Crippen LogP contribution < -0.4 is 26.8 Å². The van der Waals surface area contributed by atoms with Crippen LogP contribution in [0.1, 0.15) is 42.7 Å². The number of phenolic OH excluding ortho intramolecular Hbond substituents is 1. The summed E-state index contributed by atoms with van der Waals surface area (Å²) in [5, 5.41) is 17.9. The highest BCUT2D eigenvalue weighted by Crippen LogP contribution is 2.32. The second-order valence-corrected chi connectivity index (χ2v) is 9.07. The Balaban J connectivity index is 1.83. The van der Waals surface area contributed by atoms with Crippen molar-refractivity contribution in [2.75, 3.05) is 24.7 Å². The molecule has 2 atom stereocenters. The van der Waals surface area contributed by atoms with Crippen molar-refractivity contribution in [1.82, 2.24) is 4.90 Å². The first-order valence-electron chi connectivity index (χ1n) is 11.4. The van der Waals surface area contributed by atoms with E-state index >= 15 is 0 Å². The molecule has 0 saturated carbocycles. The standard InChI is InChI=1S/C26H30N4O5/c1-14(2)19(25(34)27-15(3)16-10-7-6-8-11-16)29-21-20(23(32)24(21)33)28-18-13-9-12-17(22(18)31)26(35)30(4)5/h6-15,19,28-29,31H,1-5H3,(H,27,34)/p+1/t15-,19-/m1/s1. The van der Waals surface area contributed by atoms with Crippen LogP contribution >= 0.6 is 0 Å². The van der Waals surface area contributed by atoms with E-state index in [9.17, 15) is 24.3 Å². The van der Waals surface area contributed by atoms with Gasteiger partial charge in [0.15, 0.2) is 5.75 Å². The lowest BCUT2D eigenvalue weighted by molar-refractivity contribution is -0.609. The van der Waals surface area contributed by atoms with Crippen LogP contribution in [-0.2, 0) is 4.79 Å². The van der Waals surface area contributed by atoms with E-state index in [-0.39, 0.29) is 46.2 Å². The van der Waals surface area contributed by atoms with Crippen molar-refractivity contribution in [3.8, 4) is 5.75 Å². The number of hydrogen-bond acceptors (Lipinski definition) is 7. The maximum atomic E-state index is 13.1. The summed E-state index contributed by atoms with van der Waals surface area (Å²) < 4.78 is 0. The molecule has 0 radical (unpaired) electrons. The molecule has 5 N–H and O–H groups in total. The van der Waals surface area contributed by atoms with Gasteiger partial charge in [-0.2, -0.15) is 0 Å². The molecule has 9 heteroatoms. The van der Waals surface area contributed by atoms with Gasteiger partial charge in [-0.1, -0.05) is 50.2 Å². The average molecular weight is 480 g/mol. The number of anilines is 3. The number of benzene rings is 2. The molecule has 0 aliphatic rings.